The van der Waals surface area contributed by atoms with Crippen LogP contribution in [0.25, 0.3) is 0 Å². The van der Waals surface area contributed by atoms with Crippen LogP contribution >= 0.6 is 11.8 Å². The zero-order chi connectivity index (χ0) is 22.6. The van der Waals surface area contributed by atoms with Crippen molar-refractivity contribution in [2.45, 2.75) is 79.0 Å². The van der Waals surface area contributed by atoms with E-state index in [1.807, 2.05) is 20.1 Å². The van der Waals surface area contributed by atoms with Gasteiger partial charge in [-0.15, -0.1) is 0 Å². The molecule has 0 aliphatic rings. The third-order valence-electron chi connectivity index (χ3n) is 4.89. The zero-order valence-electron chi connectivity index (χ0n) is 19.1. The highest BCUT2D eigenvalue weighted by Gasteiger charge is 2.26. The minimum atomic E-state index is -0.763. The molecule has 0 heterocycles. The third kappa shape index (κ3) is 11.5. The summed E-state index contributed by atoms with van der Waals surface area (Å²) in [7, 11) is 0. The predicted molar refractivity (Wildman–Crippen MR) is 120 cm³/mol. The summed E-state index contributed by atoms with van der Waals surface area (Å²) >= 11 is 1.60. The molecule has 0 rings (SSSR count). The summed E-state index contributed by atoms with van der Waals surface area (Å²) in [6, 6.07) is -1.38. The smallest absolute Gasteiger partial charge is 0.242 e. The molecule has 0 aliphatic carbocycles. The van der Waals surface area contributed by atoms with Crippen LogP contribution in [0, 0.1) is 17.8 Å². The number of thioether (sulfide) groups is 1. The molecule has 29 heavy (non-hydrogen) atoms. The summed E-state index contributed by atoms with van der Waals surface area (Å²) in [4.78, 5) is 37.1. The van der Waals surface area contributed by atoms with Crippen LogP contribution in [-0.4, -0.2) is 59.6 Å². The van der Waals surface area contributed by atoms with Gasteiger partial charge in [0.2, 0.25) is 17.7 Å². The zero-order valence-corrected chi connectivity index (χ0v) is 19.9. The molecule has 0 spiro atoms. The first-order chi connectivity index (χ1) is 13.5. The van der Waals surface area contributed by atoms with Gasteiger partial charge in [0.15, 0.2) is 0 Å². The summed E-state index contributed by atoms with van der Waals surface area (Å²) in [5, 5.41) is 18.5. The lowest BCUT2D eigenvalue weighted by Gasteiger charge is -2.25. The molecule has 8 heteroatoms. The highest BCUT2D eigenvalue weighted by molar-refractivity contribution is 7.98. The normalized spacial score (nSPS) is 16.4. The second-order valence-electron chi connectivity index (χ2n) is 8.28. The van der Waals surface area contributed by atoms with Gasteiger partial charge in [0.1, 0.15) is 12.1 Å². The van der Waals surface area contributed by atoms with E-state index in [1.54, 1.807) is 25.6 Å². The minimum Gasteiger partial charge on any atom is -0.393 e. The Morgan fingerprint density at radius 2 is 1.55 bits per heavy atom. The van der Waals surface area contributed by atoms with E-state index in [9.17, 15) is 19.5 Å². The Labute approximate surface area is 180 Å². The topological polar surface area (TPSA) is 108 Å². The van der Waals surface area contributed by atoms with Gasteiger partial charge in [-0.25, -0.2) is 0 Å². The maximum absolute atomic E-state index is 12.5. The predicted octanol–water partition coefficient (Wildman–Crippen LogP) is 1.93. The molecule has 1 unspecified atom stereocenters. The van der Waals surface area contributed by atoms with E-state index in [0.717, 1.165) is 12.2 Å². The Morgan fingerprint density at radius 1 is 0.931 bits per heavy atom. The third-order valence-corrected chi connectivity index (χ3v) is 5.53. The van der Waals surface area contributed by atoms with Crippen LogP contribution in [0.15, 0.2) is 0 Å². The lowest BCUT2D eigenvalue weighted by Crippen LogP contribution is -2.53. The van der Waals surface area contributed by atoms with Gasteiger partial charge < -0.3 is 21.1 Å². The van der Waals surface area contributed by atoms with E-state index in [4.69, 9.17) is 0 Å². The van der Waals surface area contributed by atoms with Gasteiger partial charge in [-0.1, -0.05) is 27.7 Å². The Bertz CT molecular complexity index is 516. The fourth-order valence-corrected chi connectivity index (χ4v) is 3.59. The van der Waals surface area contributed by atoms with E-state index >= 15 is 0 Å². The quantitative estimate of drug-likeness (QED) is 0.336. The van der Waals surface area contributed by atoms with Crippen molar-refractivity contribution in [3.63, 3.8) is 0 Å². The molecular weight excluding hydrogens is 390 g/mol. The summed E-state index contributed by atoms with van der Waals surface area (Å²) in [6.07, 6.45) is 3.15. The first-order valence-electron chi connectivity index (χ1n) is 10.6. The number of carbonyl (C=O) groups excluding carboxylic acids is 3. The van der Waals surface area contributed by atoms with E-state index in [-0.39, 0.29) is 17.7 Å². The molecule has 0 fully saturated rings. The minimum absolute atomic E-state index is 0.111. The van der Waals surface area contributed by atoms with Gasteiger partial charge in [0.25, 0.3) is 0 Å². The van der Waals surface area contributed by atoms with E-state index in [0.29, 0.717) is 25.3 Å². The average molecular weight is 432 g/mol. The summed E-state index contributed by atoms with van der Waals surface area (Å²) in [5.41, 5.74) is 0. The molecule has 5 atom stereocenters. The van der Waals surface area contributed by atoms with Gasteiger partial charge in [-0.3, -0.25) is 14.4 Å². The Hall–Kier alpha value is -1.28. The molecule has 3 amide bonds. The molecule has 4 N–H and O–H groups in total. The molecule has 0 saturated heterocycles. The van der Waals surface area contributed by atoms with Crippen molar-refractivity contribution >= 4 is 29.5 Å². The summed E-state index contributed by atoms with van der Waals surface area (Å²) < 4.78 is 0. The van der Waals surface area contributed by atoms with Crippen LogP contribution in [-0.2, 0) is 14.4 Å². The summed E-state index contributed by atoms with van der Waals surface area (Å²) in [6.45, 7) is 11.9. The maximum atomic E-state index is 12.5. The van der Waals surface area contributed by atoms with Crippen LogP contribution in [0.2, 0.25) is 0 Å². The number of aliphatic hydroxyl groups excluding tert-OH is 1. The molecule has 0 aliphatic heterocycles. The monoisotopic (exact) mass is 431 g/mol. The highest BCUT2D eigenvalue weighted by Crippen LogP contribution is 2.20. The molecule has 0 aromatic heterocycles. The highest BCUT2D eigenvalue weighted by atomic mass is 32.2. The van der Waals surface area contributed by atoms with Crippen molar-refractivity contribution in [1.82, 2.24) is 16.0 Å². The van der Waals surface area contributed by atoms with E-state index in [1.165, 1.54) is 0 Å². The van der Waals surface area contributed by atoms with Crippen molar-refractivity contribution in [2.24, 2.45) is 17.8 Å². The van der Waals surface area contributed by atoms with Crippen molar-refractivity contribution in [2.75, 3.05) is 18.6 Å². The van der Waals surface area contributed by atoms with Crippen LogP contribution in [0.3, 0.4) is 0 Å². The summed E-state index contributed by atoms with van der Waals surface area (Å²) in [5.74, 6) is 0.0387. The molecular formula is C21H41N3O4S. The van der Waals surface area contributed by atoms with Crippen molar-refractivity contribution in [1.29, 1.82) is 0 Å². The Morgan fingerprint density at radius 3 is 2.07 bits per heavy atom. The first-order valence-corrected chi connectivity index (χ1v) is 12.0. The number of likely N-dealkylation sites (N-methyl/N-ethyl adjacent to an activating group) is 1. The molecule has 0 bridgehead atoms. The van der Waals surface area contributed by atoms with Crippen molar-refractivity contribution < 1.29 is 19.5 Å². The fourth-order valence-electron chi connectivity index (χ4n) is 3.12. The maximum Gasteiger partial charge on any atom is 0.242 e. The number of rotatable bonds is 14. The molecule has 0 saturated carbocycles. The van der Waals surface area contributed by atoms with Gasteiger partial charge >= 0.3 is 0 Å². The first kappa shape index (κ1) is 27.7. The number of hydrogen-bond acceptors (Lipinski definition) is 5. The number of hydrogen-bond donors (Lipinski definition) is 4. The van der Waals surface area contributed by atoms with Crippen molar-refractivity contribution in [3.05, 3.63) is 0 Å². The fraction of sp³-hybridized carbons (Fsp3) is 0.857. The molecule has 0 aromatic carbocycles. The lowest BCUT2D eigenvalue weighted by molar-refractivity contribution is -0.133. The van der Waals surface area contributed by atoms with Gasteiger partial charge in [-0.05, 0) is 57.0 Å². The van der Waals surface area contributed by atoms with Crippen molar-refractivity contribution in [3.8, 4) is 0 Å². The van der Waals surface area contributed by atoms with Crippen LogP contribution < -0.4 is 16.0 Å². The lowest BCUT2D eigenvalue weighted by atomic mass is 9.88. The van der Waals surface area contributed by atoms with Crippen LogP contribution in [0.5, 0.6) is 0 Å². The number of carbonyl (C=O) groups is 3. The number of nitrogens with one attached hydrogen (secondary N) is 3. The Kier molecular flexibility index (Phi) is 14.0. The van der Waals surface area contributed by atoms with Gasteiger partial charge in [0, 0.05) is 12.5 Å². The van der Waals surface area contributed by atoms with Crippen LogP contribution in [0.1, 0.15) is 60.8 Å². The van der Waals surface area contributed by atoms with Gasteiger partial charge in [-0.2, -0.15) is 11.8 Å². The second kappa shape index (κ2) is 14.7. The molecule has 0 aromatic rings. The number of aliphatic hydroxyl groups is 1. The number of amides is 3. The average Bonchev–Trinajstić information content (AvgIpc) is 2.64. The largest absolute Gasteiger partial charge is 0.393 e. The van der Waals surface area contributed by atoms with Gasteiger partial charge in [0.05, 0.1) is 6.10 Å². The molecule has 0 radical (unpaired) electrons. The second-order valence-corrected chi connectivity index (χ2v) is 9.26. The molecule has 170 valence electrons. The van der Waals surface area contributed by atoms with E-state index in [2.05, 4.69) is 29.8 Å². The van der Waals surface area contributed by atoms with E-state index < -0.39 is 30.0 Å². The molecule has 7 nitrogen and oxygen atoms in total. The SMILES string of the molecule is CCNC(=O)C(CCSC)NC(=O)[C@H](C)NC(=O)[C@H](C)C[C@H](O)[C@@H](C)CC(C)C. The Balaban J connectivity index is 4.69. The standard InChI is InChI=1S/C21H41N3O4S/c1-8-22-21(28)17(9-10-29-7)24-20(27)16(6)23-19(26)15(5)12-18(25)14(4)11-13(2)3/h13-18,25H,8-12H2,1-7H3,(H,22,28)(H,23,26)(H,24,27)/t14-,15+,16-,17?,18-/m0/s1. The van der Waals surface area contributed by atoms with Crippen LogP contribution in [0.4, 0.5) is 0 Å².